The van der Waals surface area contributed by atoms with Gasteiger partial charge in [0.2, 0.25) is 5.91 Å². The first kappa shape index (κ1) is 14.4. The largest absolute Gasteiger partial charge is 0.366 e. The Labute approximate surface area is 77.7 Å². The molecule has 5 nitrogen and oxygen atoms in total. The second-order valence-corrected chi connectivity index (χ2v) is 3.50. The zero-order valence-electron chi connectivity index (χ0n) is 7.36. The number of carbonyl (C=O) groups excluding carboxylic acids is 1. The molecule has 76 valence electrons. The summed E-state index contributed by atoms with van der Waals surface area (Å²) in [5.74, 6) is -0.481. The molecule has 0 aromatic carbocycles. The minimum atomic E-state index is -3.95. The van der Waals surface area contributed by atoms with Crippen LogP contribution >= 0.6 is 0 Å². The van der Waals surface area contributed by atoms with Crippen molar-refractivity contribution in [3.8, 4) is 0 Å². The molecule has 0 fully saturated rings. The van der Waals surface area contributed by atoms with E-state index in [9.17, 15) is 13.2 Å². The number of amides is 1. The zero-order chi connectivity index (χ0) is 11.1. The van der Waals surface area contributed by atoms with E-state index in [1.165, 1.54) is 0 Å². The van der Waals surface area contributed by atoms with Crippen molar-refractivity contribution in [2.75, 3.05) is 0 Å². The quantitative estimate of drug-likeness (QED) is 0.518. The van der Waals surface area contributed by atoms with Crippen molar-refractivity contribution in [2.45, 2.75) is 13.3 Å². The van der Waals surface area contributed by atoms with E-state index in [1.807, 2.05) is 0 Å². The first-order valence-corrected chi connectivity index (χ1v) is 4.76. The fourth-order valence-corrected chi connectivity index (χ4v) is 0.547. The second kappa shape index (κ2) is 6.38. The summed E-state index contributed by atoms with van der Waals surface area (Å²) in [6.07, 6.45) is 1.32. The summed E-state index contributed by atoms with van der Waals surface area (Å²) in [5, 5.41) is 0. The van der Waals surface area contributed by atoms with Gasteiger partial charge in [-0.1, -0.05) is 20.1 Å². The number of hydrogen-bond acceptors (Lipinski definition) is 3. The molecule has 0 heterocycles. The van der Waals surface area contributed by atoms with Crippen molar-refractivity contribution in [1.82, 2.24) is 0 Å². The lowest BCUT2D eigenvalue weighted by Gasteiger charge is -1.92. The minimum Gasteiger partial charge on any atom is -0.366 e. The van der Waals surface area contributed by atoms with Gasteiger partial charge in [-0.2, -0.15) is 8.42 Å². The van der Waals surface area contributed by atoms with Crippen LogP contribution < -0.4 is 5.73 Å². The summed E-state index contributed by atoms with van der Waals surface area (Å²) in [5.41, 5.74) is 4.53. The lowest BCUT2D eigenvalue weighted by molar-refractivity contribution is -0.113. The van der Waals surface area contributed by atoms with E-state index in [4.69, 9.17) is 4.55 Å². The maximum absolute atomic E-state index is 10.0. The lowest BCUT2D eigenvalue weighted by atomic mass is 10.5. The third-order valence-electron chi connectivity index (χ3n) is 0.960. The molecule has 0 aromatic rings. The molecule has 0 atom stereocenters. The van der Waals surface area contributed by atoms with E-state index in [2.05, 4.69) is 18.9 Å². The van der Waals surface area contributed by atoms with Crippen LogP contribution in [-0.2, 0) is 14.9 Å². The van der Waals surface area contributed by atoms with Crippen molar-refractivity contribution >= 4 is 16.0 Å². The molecular formula is C7H13NO4S. The Morgan fingerprint density at radius 3 is 1.92 bits per heavy atom. The molecule has 0 bridgehead atoms. The molecule has 0 unspecified atom stereocenters. The Bertz CT molecular complexity index is 292. The van der Waals surface area contributed by atoms with Gasteiger partial charge in [-0.05, 0) is 12.5 Å². The van der Waals surface area contributed by atoms with E-state index in [0.717, 1.165) is 6.08 Å². The maximum atomic E-state index is 10.0. The highest BCUT2D eigenvalue weighted by atomic mass is 32.2. The molecule has 0 rings (SSSR count). The number of nitrogens with two attached hydrogens (primary N) is 1. The molecule has 0 aliphatic rings. The highest BCUT2D eigenvalue weighted by Crippen LogP contribution is 2.03. The third-order valence-corrected chi connectivity index (χ3v) is 1.98. The molecule has 13 heavy (non-hydrogen) atoms. The molecule has 0 aliphatic heterocycles. The number of hydrogen-bond donors (Lipinski definition) is 2. The molecule has 6 heteroatoms. The van der Waals surface area contributed by atoms with Crippen LogP contribution in [0, 0.1) is 0 Å². The van der Waals surface area contributed by atoms with E-state index < -0.39 is 16.0 Å². The van der Waals surface area contributed by atoms with Gasteiger partial charge >= 0.3 is 0 Å². The van der Waals surface area contributed by atoms with Crippen LogP contribution in [-0.4, -0.2) is 18.9 Å². The van der Waals surface area contributed by atoms with Crippen molar-refractivity contribution in [3.63, 3.8) is 0 Å². The Balaban J connectivity index is 0. The Morgan fingerprint density at radius 1 is 1.62 bits per heavy atom. The first-order chi connectivity index (χ1) is 5.75. The van der Waals surface area contributed by atoms with Crippen molar-refractivity contribution < 1.29 is 17.8 Å². The summed E-state index contributed by atoms with van der Waals surface area (Å²) < 4.78 is 28.2. The van der Waals surface area contributed by atoms with Crippen LogP contribution in [0.15, 0.2) is 24.1 Å². The van der Waals surface area contributed by atoms with Crippen molar-refractivity contribution in [1.29, 1.82) is 0 Å². The van der Waals surface area contributed by atoms with Gasteiger partial charge in [0.25, 0.3) is 10.1 Å². The Kier molecular flexibility index (Phi) is 7.07. The number of carbonyl (C=O) groups is 1. The van der Waals surface area contributed by atoms with E-state index in [0.29, 0.717) is 0 Å². The van der Waals surface area contributed by atoms with Crippen molar-refractivity contribution in [3.05, 3.63) is 24.1 Å². The van der Waals surface area contributed by atoms with Gasteiger partial charge in [-0.15, -0.1) is 0 Å². The SMILES string of the molecule is C=C(CC)S(=O)(=O)O.C=CC(N)=O. The van der Waals surface area contributed by atoms with Gasteiger partial charge in [0, 0.05) is 0 Å². The summed E-state index contributed by atoms with van der Waals surface area (Å²) in [6.45, 7) is 7.80. The van der Waals surface area contributed by atoms with Gasteiger partial charge in [-0.25, -0.2) is 0 Å². The molecule has 0 saturated heterocycles. The van der Waals surface area contributed by atoms with E-state index >= 15 is 0 Å². The van der Waals surface area contributed by atoms with Gasteiger partial charge in [0.1, 0.15) is 0 Å². The van der Waals surface area contributed by atoms with Crippen LogP contribution in [0.1, 0.15) is 13.3 Å². The van der Waals surface area contributed by atoms with E-state index in [1.54, 1.807) is 6.92 Å². The standard InChI is InChI=1S/C4H8O3S.C3H5NO/c1-3-4(2)8(5,6)7;1-2-3(4)5/h2-3H2,1H3,(H,5,6,7);2H,1H2,(H2,4,5). The number of allylic oxidation sites excluding steroid dienone is 1. The third kappa shape index (κ3) is 10.9. The predicted octanol–water partition coefficient (Wildman–Crippen LogP) is 0.456. The fraction of sp³-hybridized carbons (Fsp3) is 0.286. The summed E-state index contributed by atoms with van der Waals surface area (Å²) in [4.78, 5) is 9.33. The van der Waals surface area contributed by atoms with Gasteiger partial charge < -0.3 is 5.73 Å². The molecule has 0 spiro atoms. The molecule has 3 N–H and O–H groups in total. The minimum absolute atomic E-state index is 0.141. The Morgan fingerprint density at radius 2 is 1.92 bits per heavy atom. The van der Waals surface area contributed by atoms with Gasteiger partial charge in [-0.3, -0.25) is 9.35 Å². The smallest absolute Gasteiger partial charge is 0.290 e. The summed E-state index contributed by atoms with van der Waals surface area (Å²) >= 11 is 0. The van der Waals surface area contributed by atoms with Gasteiger partial charge in [0.15, 0.2) is 0 Å². The van der Waals surface area contributed by atoms with Crippen LogP contribution in [0.25, 0.3) is 0 Å². The van der Waals surface area contributed by atoms with Crippen molar-refractivity contribution in [2.24, 2.45) is 5.73 Å². The molecule has 0 aromatic heterocycles. The molecule has 0 aliphatic carbocycles. The van der Waals surface area contributed by atoms with Gasteiger partial charge in [0.05, 0.1) is 4.91 Å². The summed E-state index contributed by atoms with van der Waals surface area (Å²) in [6, 6.07) is 0. The monoisotopic (exact) mass is 207 g/mol. The second-order valence-electron chi connectivity index (χ2n) is 1.97. The van der Waals surface area contributed by atoms with Crippen LogP contribution in [0.4, 0.5) is 0 Å². The lowest BCUT2D eigenvalue weighted by Crippen LogP contribution is -2.04. The fourth-order valence-electron chi connectivity index (χ4n) is 0.182. The van der Waals surface area contributed by atoms with E-state index in [-0.39, 0.29) is 11.3 Å². The zero-order valence-corrected chi connectivity index (χ0v) is 8.17. The average molecular weight is 207 g/mol. The average Bonchev–Trinajstić information content (AvgIpc) is 2.02. The molecule has 0 radical (unpaired) electrons. The maximum Gasteiger partial charge on any atom is 0.290 e. The highest BCUT2D eigenvalue weighted by Gasteiger charge is 2.05. The molecular weight excluding hydrogens is 194 g/mol. The predicted molar refractivity (Wildman–Crippen MR) is 50.4 cm³/mol. The first-order valence-electron chi connectivity index (χ1n) is 3.32. The number of primary amides is 1. The van der Waals surface area contributed by atoms with Crippen LogP contribution in [0.3, 0.4) is 0 Å². The number of rotatable bonds is 3. The topological polar surface area (TPSA) is 97.5 Å². The normalized spacial score (nSPS) is 9.38. The molecule has 1 amide bonds. The van der Waals surface area contributed by atoms with Crippen LogP contribution in [0.5, 0.6) is 0 Å². The van der Waals surface area contributed by atoms with Crippen LogP contribution in [0.2, 0.25) is 0 Å². The molecule has 0 saturated carbocycles. The highest BCUT2D eigenvalue weighted by molar-refractivity contribution is 7.89. The Hall–Kier alpha value is -1.14. The summed E-state index contributed by atoms with van der Waals surface area (Å²) in [7, 11) is -3.95.